The molecule has 1 unspecified atom stereocenters. The van der Waals surface area contributed by atoms with Crippen molar-refractivity contribution in [2.45, 2.75) is 90.9 Å². The first-order valence-electron chi connectivity index (χ1n) is 8.72. The van der Waals surface area contributed by atoms with Crippen molar-refractivity contribution in [3.8, 4) is 0 Å². The molecule has 19 heavy (non-hydrogen) atoms. The molecule has 0 heterocycles. The van der Waals surface area contributed by atoms with Crippen molar-refractivity contribution in [1.29, 1.82) is 0 Å². The maximum Gasteiger partial charge on any atom is -0.0169 e. The zero-order valence-electron chi connectivity index (χ0n) is 13.3. The molecule has 0 nitrogen and oxygen atoms in total. The van der Waals surface area contributed by atoms with Crippen molar-refractivity contribution < 1.29 is 0 Å². The van der Waals surface area contributed by atoms with E-state index < -0.39 is 0 Å². The van der Waals surface area contributed by atoms with Crippen molar-refractivity contribution in [3.63, 3.8) is 0 Å². The number of allylic oxidation sites excluding steroid dienone is 4. The Kier molecular flexibility index (Phi) is 9.85. The van der Waals surface area contributed by atoms with Gasteiger partial charge in [-0.3, -0.25) is 0 Å². The van der Waals surface area contributed by atoms with Crippen LogP contribution in [0.25, 0.3) is 0 Å². The molecule has 0 heteroatoms. The van der Waals surface area contributed by atoms with E-state index in [-0.39, 0.29) is 0 Å². The quantitative estimate of drug-likeness (QED) is 0.299. The van der Waals surface area contributed by atoms with Gasteiger partial charge in [0.1, 0.15) is 0 Å². The third-order valence-corrected chi connectivity index (χ3v) is 4.32. The van der Waals surface area contributed by atoms with Crippen molar-refractivity contribution in [1.82, 2.24) is 0 Å². The summed E-state index contributed by atoms with van der Waals surface area (Å²) >= 11 is 0. The van der Waals surface area contributed by atoms with E-state index in [1.54, 1.807) is 5.57 Å². The molecule has 0 aromatic heterocycles. The molecule has 0 radical (unpaired) electrons. The summed E-state index contributed by atoms with van der Waals surface area (Å²) < 4.78 is 0. The second-order valence-electron chi connectivity index (χ2n) is 6.07. The lowest BCUT2D eigenvalue weighted by atomic mass is 9.97. The summed E-state index contributed by atoms with van der Waals surface area (Å²) in [6, 6.07) is 0. The van der Waals surface area contributed by atoms with E-state index >= 15 is 0 Å². The molecule has 0 bridgehead atoms. The zero-order valence-corrected chi connectivity index (χ0v) is 13.3. The molecule has 1 aliphatic rings. The molecule has 0 aromatic carbocycles. The van der Waals surface area contributed by atoms with Gasteiger partial charge < -0.3 is 0 Å². The van der Waals surface area contributed by atoms with Crippen molar-refractivity contribution >= 4 is 0 Å². The number of hydrogen-bond donors (Lipinski definition) is 0. The van der Waals surface area contributed by atoms with Crippen LogP contribution in [0.15, 0.2) is 23.8 Å². The Balaban J connectivity index is 2.16. The Morgan fingerprint density at radius 3 is 2.58 bits per heavy atom. The van der Waals surface area contributed by atoms with E-state index in [0.29, 0.717) is 0 Å². The summed E-state index contributed by atoms with van der Waals surface area (Å²) in [5.74, 6) is 0.878. The maximum absolute atomic E-state index is 2.55. The van der Waals surface area contributed by atoms with Gasteiger partial charge in [-0.15, -0.1) is 0 Å². The normalized spacial score (nSPS) is 21.8. The second-order valence-corrected chi connectivity index (χ2v) is 6.07. The van der Waals surface area contributed by atoms with Crippen LogP contribution in [-0.4, -0.2) is 0 Å². The van der Waals surface area contributed by atoms with E-state index in [0.717, 1.165) is 5.92 Å². The molecule has 1 rings (SSSR count). The summed E-state index contributed by atoms with van der Waals surface area (Å²) in [5, 5.41) is 0. The van der Waals surface area contributed by atoms with E-state index in [2.05, 4.69) is 32.1 Å². The number of hydrogen-bond acceptors (Lipinski definition) is 0. The SMILES string of the molecule is CCCC/C=C1\CCCC1C/C=C\CCCCCC. The minimum absolute atomic E-state index is 0.878. The van der Waals surface area contributed by atoms with Crippen LogP contribution in [0.1, 0.15) is 90.9 Å². The molecule has 0 spiro atoms. The standard InChI is InChI=1S/C19H34/c1-3-5-7-8-9-10-12-15-19-17-13-16-18(19)14-11-6-4-2/h10,12,14,19H,3-9,11,13,15-17H2,1-2H3/b12-10-,18-14+. The Labute approximate surface area is 121 Å². The largest absolute Gasteiger partial charge is 0.0885 e. The zero-order chi connectivity index (χ0) is 13.8. The molecule has 1 aliphatic carbocycles. The van der Waals surface area contributed by atoms with Gasteiger partial charge in [-0.1, -0.05) is 69.8 Å². The Morgan fingerprint density at radius 1 is 0.947 bits per heavy atom. The maximum atomic E-state index is 2.55. The average molecular weight is 262 g/mol. The Hall–Kier alpha value is -0.520. The van der Waals surface area contributed by atoms with Crippen LogP contribution in [0.2, 0.25) is 0 Å². The highest BCUT2D eigenvalue weighted by Gasteiger charge is 2.18. The van der Waals surface area contributed by atoms with E-state index in [1.165, 1.54) is 77.0 Å². The van der Waals surface area contributed by atoms with Gasteiger partial charge in [0.05, 0.1) is 0 Å². The predicted molar refractivity (Wildman–Crippen MR) is 87.5 cm³/mol. The van der Waals surface area contributed by atoms with Crippen molar-refractivity contribution in [2.75, 3.05) is 0 Å². The van der Waals surface area contributed by atoms with E-state index in [9.17, 15) is 0 Å². The van der Waals surface area contributed by atoms with Crippen LogP contribution in [0.3, 0.4) is 0 Å². The summed E-state index contributed by atoms with van der Waals surface area (Å²) in [4.78, 5) is 0. The molecule has 0 aromatic rings. The highest BCUT2D eigenvalue weighted by molar-refractivity contribution is 5.12. The predicted octanol–water partition coefficient (Wildman–Crippen LogP) is 6.82. The van der Waals surface area contributed by atoms with Gasteiger partial charge in [-0.05, 0) is 50.9 Å². The number of rotatable bonds is 10. The third kappa shape index (κ3) is 7.60. The molecular weight excluding hydrogens is 228 g/mol. The molecule has 110 valence electrons. The van der Waals surface area contributed by atoms with Gasteiger partial charge in [0.25, 0.3) is 0 Å². The van der Waals surface area contributed by atoms with Crippen LogP contribution < -0.4 is 0 Å². The Bertz CT molecular complexity index is 259. The van der Waals surface area contributed by atoms with Crippen LogP contribution in [0, 0.1) is 5.92 Å². The molecule has 0 amide bonds. The van der Waals surface area contributed by atoms with Crippen LogP contribution in [0.4, 0.5) is 0 Å². The fourth-order valence-electron chi connectivity index (χ4n) is 3.04. The average Bonchev–Trinajstić information content (AvgIpc) is 2.86. The lowest BCUT2D eigenvalue weighted by Crippen LogP contribution is -1.94. The van der Waals surface area contributed by atoms with Gasteiger partial charge >= 0.3 is 0 Å². The molecule has 0 saturated heterocycles. The van der Waals surface area contributed by atoms with Gasteiger partial charge in [0.2, 0.25) is 0 Å². The fraction of sp³-hybridized carbons (Fsp3) is 0.789. The van der Waals surface area contributed by atoms with Gasteiger partial charge in [-0.2, -0.15) is 0 Å². The summed E-state index contributed by atoms with van der Waals surface area (Å²) in [7, 11) is 0. The van der Waals surface area contributed by atoms with Gasteiger partial charge in [-0.25, -0.2) is 0 Å². The van der Waals surface area contributed by atoms with E-state index in [4.69, 9.17) is 0 Å². The first-order valence-corrected chi connectivity index (χ1v) is 8.72. The second kappa shape index (κ2) is 11.3. The van der Waals surface area contributed by atoms with Crippen LogP contribution in [0.5, 0.6) is 0 Å². The molecule has 1 saturated carbocycles. The summed E-state index contributed by atoms with van der Waals surface area (Å²) in [6.45, 7) is 4.56. The minimum Gasteiger partial charge on any atom is -0.0885 e. The molecule has 0 N–H and O–H groups in total. The van der Waals surface area contributed by atoms with E-state index in [1.807, 2.05) is 0 Å². The highest BCUT2D eigenvalue weighted by Crippen LogP contribution is 2.34. The lowest BCUT2D eigenvalue weighted by molar-refractivity contribution is 0.630. The first-order chi connectivity index (χ1) is 9.38. The van der Waals surface area contributed by atoms with Crippen molar-refractivity contribution in [3.05, 3.63) is 23.8 Å². The lowest BCUT2D eigenvalue weighted by Gasteiger charge is -2.09. The van der Waals surface area contributed by atoms with Crippen LogP contribution >= 0.6 is 0 Å². The van der Waals surface area contributed by atoms with Gasteiger partial charge in [0.15, 0.2) is 0 Å². The minimum atomic E-state index is 0.878. The third-order valence-electron chi connectivity index (χ3n) is 4.32. The molecular formula is C19H34. The molecule has 0 aliphatic heterocycles. The smallest absolute Gasteiger partial charge is 0.0169 e. The fourth-order valence-corrected chi connectivity index (χ4v) is 3.04. The van der Waals surface area contributed by atoms with Crippen LogP contribution in [-0.2, 0) is 0 Å². The monoisotopic (exact) mass is 262 g/mol. The highest BCUT2D eigenvalue weighted by atomic mass is 14.2. The molecule has 1 atom stereocenters. The molecule has 1 fully saturated rings. The van der Waals surface area contributed by atoms with Gasteiger partial charge in [0, 0.05) is 0 Å². The number of unbranched alkanes of at least 4 members (excludes halogenated alkanes) is 6. The Morgan fingerprint density at radius 2 is 1.79 bits per heavy atom. The summed E-state index contributed by atoms with van der Waals surface area (Å²) in [6.07, 6.45) is 23.8. The topological polar surface area (TPSA) is 0 Å². The first kappa shape index (κ1) is 16.5. The van der Waals surface area contributed by atoms with Crippen molar-refractivity contribution in [2.24, 2.45) is 5.92 Å². The summed E-state index contributed by atoms with van der Waals surface area (Å²) in [5.41, 5.74) is 1.77.